The molecule has 190 valence electrons. The number of imide groups is 1. The van der Waals surface area contributed by atoms with E-state index in [0.717, 1.165) is 0 Å². The molecule has 0 aliphatic carbocycles. The summed E-state index contributed by atoms with van der Waals surface area (Å²) in [6.07, 6.45) is 4.49. The zero-order valence-electron chi connectivity index (χ0n) is 20.4. The van der Waals surface area contributed by atoms with E-state index in [0.29, 0.717) is 37.1 Å². The molecule has 5 amide bonds. The van der Waals surface area contributed by atoms with Crippen molar-refractivity contribution in [2.24, 2.45) is 5.92 Å². The molecule has 0 unspecified atom stereocenters. The summed E-state index contributed by atoms with van der Waals surface area (Å²) in [6, 6.07) is 5.06. The maximum absolute atomic E-state index is 12.7. The first-order valence-corrected chi connectivity index (χ1v) is 11.8. The lowest BCUT2D eigenvalue weighted by Crippen LogP contribution is -2.53. The van der Waals surface area contributed by atoms with Gasteiger partial charge in [-0.2, -0.15) is 0 Å². The van der Waals surface area contributed by atoms with Crippen LogP contribution in [0.2, 0.25) is 0 Å². The van der Waals surface area contributed by atoms with Crippen molar-refractivity contribution in [2.75, 3.05) is 11.9 Å². The molecule has 2 atom stereocenters. The molecule has 0 radical (unpaired) electrons. The van der Waals surface area contributed by atoms with Gasteiger partial charge in [-0.05, 0) is 43.4 Å². The van der Waals surface area contributed by atoms with Gasteiger partial charge in [0.05, 0.1) is 6.61 Å². The van der Waals surface area contributed by atoms with E-state index in [9.17, 15) is 24.0 Å². The Morgan fingerprint density at radius 1 is 0.886 bits per heavy atom. The molecule has 2 rings (SSSR count). The Labute approximate surface area is 205 Å². The third kappa shape index (κ3) is 8.64. The Bertz CT molecular complexity index is 939. The van der Waals surface area contributed by atoms with Gasteiger partial charge in [-0.1, -0.05) is 32.4 Å². The zero-order valence-corrected chi connectivity index (χ0v) is 20.4. The Balaban J connectivity index is 1.75. The summed E-state index contributed by atoms with van der Waals surface area (Å²) in [5.74, 6) is -1.98. The van der Waals surface area contributed by atoms with Crippen molar-refractivity contribution in [3.8, 4) is 0 Å². The second kappa shape index (κ2) is 13.4. The van der Waals surface area contributed by atoms with Crippen molar-refractivity contribution in [1.29, 1.82) is 0 Å². The van der Waals surface area contributed by atoms with Gasteiger partial charge in [0.15, 0.2) is 0 Å². The van der Waals surface area contributed by atoms with Gasteiger partial charge in [0.1, 0.15) is 12.1 Å². The summed E-state index contributed by atoms with van der Waals surface area (Å²) in [5, 5.41) is 17.2. The number of aliphatic hydroxyl groups excluding tert-OH is 1. The van der Waals surface area contributed by atoms with Crippen molar-refractivity contribution in [1.82, 2.24) is 15.5 Å². The largest absolute Gasteiger partial charge is 0.392 e. The molecule has 10 heteroatoms. The van der Waals surface area contributed by atoms with E-state index in [2.05, 4.69) is 16.0 Å². The van der Waals surface area contributed by atoms with Crippen LogP contribution in [0.25, 0.3) is 0 Å². The fourth-order valence-electron chi connectivity index (χ4n) is 3.48. The maximum Gasteiger partial charge on any atom is 0.253 e. The summed E-state index contributed by atoms with van der Waals surface area (Å²) in [6.45, 7) is 5.38. The molecule has 0 spiro atoms. The number of nitrogens with one attached hydrogen (secondary N) is 3. The number of amides is 5. The minimum atomic E-state index is -0.830. The van der Waals surface area contributed by atoms with E-state index in [-0.39, 0.29) is 36.7 Å². The smallest absolute Gasteiger partial charge is 0.253 e. The normalized spacial score (nSPS) is 14.7. The first kappa shape index (κ1) is 27.7. The molecular weight excluding hydrogens is 452 g/mol. The van der Waals surface area contributed by atoms with E-state index < -0.39 is 23.9 Å². The van der Waals surface area contributed by atoms with Crippen molar-refractivity contribution >= 4 is 35.2 Å². The number of hydrogen-bond acceptors (Lipinski definition) is 6. The molecule has 0 saturated carbocycles. The van der Waals surface area contributed by atoms with Crippen LogP contribution in [0.1, 0.15) is 52.0 Å². The predicted octanol–water partition coefficient (Wildman–Crippen LogP) is 1.25. The summed E-state index contributed by atoms with van der Waals surface area (Å²) in [5.41, 5.74) is 1.26. The fraction of sp³-hybridized carbons (Fsp3) is 0.480. The van der Waals surface area contributed by atoms with E-state index in [1.807, 2.05) is 0 Å². The van der Waals surface area contributed by atoms with Gasteiger partial charge in [-0.25, -0.2) is 0 Å². The Morgan fingerprint density at radius 2 is 1.51 bits per heavy atom. The number of aliphatic hydroxyl groups is 1. The summed E-state index contributed by atoms with van der Waals surface area (Å²) in [4.78, 5) is 61.8. The Kier molecular flexibility index (Phi) is 10.6. The van der Waals surface area contributed by atoms with Crippen molar-refractivity contribution in [2.45, 2.75) is 65.1 Å². The maximum atomic E-state index is 12.7. The number of benzene rings is 1. The van der Waals surface area contributed by atoms with E-state index >= 15 is 0 Å². The molecule has 1 aromatic carbocycles. The van der Waals surface area contributed by atoms with Crippen molar-refractivity contribution in [3.05, 3.63) is 42.0 Å². The highest BCUT2D eigenvalue weighted by Crippen LogP contribution is 2.11. The van der Waals surface area contributed by atoms with Crippen LogP contribution < -0.4 is 16.0 Å². The molecule has 35 heavy (non-hydrogen) atoms. The van der Waals surface area contributed by atoms with E-state index in [1.165, 1.54) is 17.1 Å². The van der Waals surface area contributed by atoms with Crippen LogP contribution >= 0.6 is 0 Å². The standard InChI is InChI=1S/C25H34N4O6/c1-16(2)23(28-20(31)7-5-4-6-14-29-21(32)12-13-22(29)33)25(35)26-17(3)24(34)27-19-10-8-18(15-30)9-11-19/h8-13,16-17,23,30H,4-7,14-15H2,1-3H3,(H,26,35)(H,27,34)(H,28,31)/t17-,23-/m0/s1. The van der Waals surface area contributed by atoms with Gasteiger partial charge >= 0.3 is 0 Å². The second-order valence-corrected chi connectivity index (χ2v) is 8.84. The minimum absolute atomic E-state index is 0.0959. The number of carbonyl (C=O) groups is 5. The van der Waals surface area contributed by atoms with Gasteiger partial charge < -0.3 is 21.1 Å². The molecule has 0 fully saturated rings. The molecule has 1 aliphatic heterocycles. The lowest BCUT2D eigenvalue weighted by atomic mass is 10.0. The minimum Gasteiger partial charge on any atom is -0.392 e. The quantitative estimate of drug-likeness (QED) is 0.244. The topological polar surface area (TPSA) is 145 Å². The highest BCUT2D eigenvalue weighted by molar-refractivity contribution is 6.12. The molecule has 10 nitrogen and oxygen atoms in total. The highest BCUT2D eigenvalue weighted by atomic mass is 16.3. The summed E-state index contributed by atoms with van der Waals surface area (Å²) in [7, 11) is 0. The van der Waals surface area contributed by atoms with Gasteiger partial charge in [0.25, 0.3) is 11.8 Å². The number of rotatable bonds is 13. The first-order valence-electron chi connectivity index (χ1n) is 11.8. The van der Waals surface area contributed by atoms with Crippen LogP contribution in [-0.2, 0) is 30.6 Å². The molecule has 0 aromatic heterocycles. The summed E-state index contributed by atoms with van der Waals surface area (Å²) >= 11 is 0. The predicted molar refractivity (Wildman–Crippen MR) is 130 cm³/mol. The lowest BCUT2D eigenvalue weighted by molar-refractivity contribution is -0.137. The SMILES string of the molecule is CC(C)[C@H](NC(=O)CCCCCN1C(=O)C=CC1=O)C(=O)N[C@@H](C)C(=O)Nc1ccc(CO)cc1. The third-order valence-corrected chi connectivity index (χ3v) is 5.61. The van der Waals surface area contributed by atoms with Gasteiger partial charge in [-0.15, -0.1) is 0 Å². The molecule has 0 bridgehead atoms. The van der Waals surface area contributed by atoms with E-state index in [4.69, 9.17) is 5.11 Å². The first-order chi connectivity index (χ1) is 16.6. The Hall–Kier alpha value is -3.53. The number of nitrogens with zero attached hydrogens (tertiary/aromatic N) is 1. The third-order valence-electron chi connectivity index (χ3n) is 5.61. The summed E-state index contributed by atoms with van der Waals surface area (Å²) < 4.78 is 0. The molecule has 0 saturated heterocycles. The number of hydrogen-bond donors (Lipinski definition) is 4. The fourth-order valence-corrected chi connectivity index (χ4v) is 3.48. The van der Waals surface area contributed by atoms with Gasteiger partial charge in [0.2, 0.25) is 17.7 Å². The highest BCUT2D eigenvalue weighted by Gasteiger charge is 2.27. The van der Waals surface area contributed by atoms with Crippen LogP contribution in [0.4, 0.5) is 5.69 Å². The van der Waals surface area contributed by atoms with Crippen LogP contribution in [0, 0.1) is 5.92 Å². The molecule has 1 aliphatic rings. The molecule has 1 heterocycles. The number of anilines is 1. The van der Waals surface area contributed by atoms with Gasteiger partial charge in [-0.3, -0.25) is 28.9 Å². The Morgan fingerprint density at radius 3 is 2.09 bits per heavy atom. The second-order valence-electron chi connectivity index (χ2n) is 8.84. The average Bonchev–Trinajstić information content (AvgIpc) is 3.14. The van der Waals surface area contributed by atoms with Crippen LogP contribution in [0.3, 0.4) is 0 Å². The molecule has 4 N–H and O–H groups in total. The zero-order chi connectivity index (χ0) is 26.0. The monoisotopic (exact) mass is 486 g/mol. The number of unbranched alkanes of at least 4 members (excludes halogenated alkanes) is 2. The molecular formula is C25H34N4O6. The number of carbonyl (C=O) groups excluding carboxylic acids is 5. The van der Waals surface area contributed by atoms with Crippen LogP contribution in [0.15, 0.2) is 36.4 Å². The molecule has 1 aromatic rings. The van der Waals surface area contributed by atoms with E-state index in [1.54, 1.807) is 45.0 Å². The van der Waals surface area contributed by atoms with Crippen LogP contribution in [-0.4, -0.2) is 58.2 Å². The van der Waals surface area contributed by atoms with Crippen LogP contribution in [0.5, 0.6) is 0 Å². The average molecular weight is 487 g/mol. The lowest BCUT2D eigenvalue weighted by Gasteiger charge is -2.24. The van der Waals surface area contributed by atoms with Crippen molar-refractivity contribution in [3.63, 3.8) is 0 Å². The van der Waals surface area contributed by atoms with Crippen molar-refractivity contribution < 1.29 is 29.1 Å². The van der Waals surface area contributed by atoms with Gasteiger partial charge in [0, 0.05) is 30.8 Å².